The Morgan fingerprint density at radius 3 is 2.39 bits per heavy atom. The molecule has 7 heteroatoms. The second-order valence-electron chi connectivity index (χ2n) is 10.5. The van der Waals surface area contributed by atoms with Gasteiger partial charge in [0.05, 0.1) is 6.42 Å². The standard InChI is InChI=1S/C29H38N4O3/c1-22-8-7-11-24(20-22)21-26(34)32-16-13-25(14-17-32)29(15-12-23-9-5-4-6-10-23)27(35)33(28(36)30-29)19-18-31(2)3/h4-11,20,25H,12-19,21H2,1-3H3,(H,30,36)/t29-/m1/s1. The minimum Gasteiger partial charge on any atom is -0.342 e. The summed E-state index contributed by atoms with van der Waals surface area (Å²) in [5, 5.41) is 3.14. The zero-order chi connectivity index (χ0) is 25.7. The topological polar surface area (TPSA) is 73.0 Å². The Bertz CT molecular complexity index is 1080. The molecule has 0 spiro atoms. The largest absolute Gasteiger partial charge is 0.342 e. The van der Waals surface area contributed by atoms with Crippen LogP contribution in [0.25, 0.3) is 0 Å². The first-order valence-corrected chi connectivity index (χ1v) is 12.9. The second-order valence-corrected chi connectivity index (χ2v) is 10.5. The van der Waals surface area contributed by atoms with Crippen molar-refractivity contribution in [3.8, 4) is 0 Å². The molecule has 0 unspecified atom stereocenters. The Morgan fingerprint density at radius 2 is 1.72 bits per heavy atom. The van der Waals surface area contributed by atoms with Crippen molar-refractivity contribution >= 4 is 17.8 Å². The molecule has 4 amide bonds. The number of imide groups is 1. The third-order valence-corrected chi connectivity index (χ3v) is 7.61. The first-order valence-electron chi connectivity index (χ1n) is 12.9. The Morgan fingerprint density at radius 1 is 1.03 bits per heavy atom. The van der Waals surface area contributed by atoms with E-state index in [9.17, 15) is 14.4 Å². The highest BCUT2D eigenvalue weighted by Crippen LogP contribution is 2.37. The number of urea groups is 1. The third-order valence-electron chi connectivity index (χ3n) is 7.61. The van der Waals surface area contributed by atoms with Gasteiger partial charge in [0.1, 0.15) is 5.54 Å². The quantitative estimate of drug-likeness (QED) is 0.548. The number of likely N-dealkylation sites (tertiary alicyclic amines) is 1. The van der Waals surface area contributed by atoms with Gasteiger partial charge >= 0.3 is 6.03 Å². The maximum atomic E-state index is 13.8. The Balaban J connectivity index is 1.47. The van der Waals surface area contributed by atoms with Gasteiger partial charge in [0.25, 0.3) is 5.91 Å². The average molecular weight is 491 g/mol. The molecule has 2 aliphatic heterocycles. The third kappa shape index (κ3) is 5.78. The zero-order valence-electron chi connectivity index (χ0n) is 21.7. The normalized spacial score (nSPS) is 20.8. The Kier molecular flexibility index (Phi) is 8.09. The van der Waals surface area contributed by atoms with E-state index in [4.69, 9.17) is 0 Å². The number of piperidine rings is 1. The minimum atomic E-state index is -0.926. The van der Waals surface area contributed by atoms with E-state index < -0.39 is 5.54 Å². The highest BCUT2D eigenvalue weighted by Gasteiger charge is 2.55. The molecular formula is C29H38N4O3. The van der Waals surface area contributed by atoms with Crippen LogP contribution in [0.5, 0.6) is 0 Å². The van der Waals surface area contributed by atoms with Crippen molar-refractivity contribution in [3.05, 3.63) is 71.3 Å². The number of aryl methyl sites for hydroxylation is 2. The van der Waals surface area contributed by atoms with E-state index in [1.807, 2.05) is 67.2 Å². The summed E-state index contributed by atoms with van der Waals surface area (Å²) in [4.78, 5) is 45.1. The Labute approximate surface area is 214 Å². The van der Waals surface area contributed by atoms with Gasteiger partial charge in [-0.15, -0.1) is 0 Å². The summed E-state index contributed by atoms with van der Waals surface area (Å²) in [7, 11) is 3.87. The molecule has 0 saturated carbocycles. The SMILES string of the molecule is Cc1cccc(CC(=O)N2CCC([C@@]3(CCc4ccccc4)NC(=O)N(CCN(C)C)C3=O)CC2)c1. The lowest BCUT2D eigenvalue weighted by atomic mass is 9.74. The summed E-state index contributed by atoms with van der Waals surface area (Å²) in [6, 6.07) is 17.9. The van der Waals surface area contributed by atoms with E-state index in [1.54, 1.807) is 0 Å². The number of likely N-dealkylation sites (N-methyl/N-ethyl adjacent to an activating group) is 1. The fourth-order valence-corrected chi connectivity index (χ4v) is 5.51. The van der Waals surface area contributed by atoms with Gasteiger partial charge in [-0.25, -0.2) is 4.79 Å². The molecular weight excluding hydrogens is 452 g/mol. The molecule has 2 heterocycles. The summed E-state index contributed by atoms with van der Waals surface area (Å²) >= 11 is 0. The molecule has 0 bridgehead atoms. The Hall–Kier alpha value is -3.19. The van der Waals surface area contributed by atoms with Gasteiger partial charge in [-0.05, 0) is 63.7 Å². The predicted octanol–water partition coefficient (Wildman–Crippen LogP) is 3.26. The minimum absolute atomic E-state index is 0.00922. The summed E-state index contributed by atoms with van der Waals surface area (Å²) in [5.74, 6) is -0.00774. The van der Waals surface area contributed by atoms with E-state index >= 15 is 0 Å². The van der Waals surface area contributed by atoms with Crippen LogP contribution in [0.4, 0.5) is 4.79 Å². The molecule has 0 radical (unpaired) electrons. The van der Waals surface area contributed by atoms with Crippen LogP contribution in [-0.4, -0.2) is 78.4 Å². The van der Waals surface area contributed by atoms with Crippen LogP contribution in [0.1, 0.15) is 36.0 Å². The van der Waals surface area contributed by atoms with Crippen molar-refractivity contribution in [1.29, 1.82) is 0 Å². The van der Waals surface area contributed by atoms with Crippen LogP contribution in [0.3, 0.4) is 0 Å². The second kappa shape index (κ2) is 11.2. The van der Waals surface area contributed by atoms with E-state index in [2.05, 4.69) is 23.5 Å². The van der Waals surface area contributed by atoms with Crippen LogP contribution in [0, 0.1) is 12.8 Å². The van der Waals surface area contributed by atoms with Crippen LogP contribution < -0.4 is 5.32 Å². The van der Waals surface area contributed by atoms with Gasteiger partial charge in [0.15, 0.2) is 0 Å². The van der Waals surface area contributed by atoms with Crippen molar-refractivity contribution in [2.24, 2.45) is 5.92 Å². The highest BCUT2D eigenvalue weighted by atomic mass is 16.2. The van der Waals surface area contributed by atoms with E-state index in [0.29, 0.717) is 58.3 Å². The van der Waals surface area contributed by atoms with Gasteiger partial charge in [0, 0.05) is 26.2 Å². The smallest absolute Gasteiger partial charge is 0.325 e. The van der Waals surface area contributed by atoms with Gasteiger partial charge < -0.3 is 15.1 Å². The zero-order valence-corrected chi connectivity index (χ0v) is 21.7. The lowest BCUT2D eigenvalue weighted by Crippen LogP contribution is -2.57. The summed E-state index contributed by atoms with van der Waals surface area (Å²) in [5.41, 5.74) is 2.39. The van der Waals surface area contributed by atoms with Gasteiger partial charge in [0.2, 0.25) is 5.91 Å². The van der Waals surface area contributed by atoms with Gasteiger partial charge in [-0.2, -0.15) is 0 Å². The lowest BCUT2D eigenvalue weighted by molar-refractivity contribution is -0.136. The van der Waals surface area contributed by atoms with Gasteiger partial charge in [-0.1, -0.05) is 60.2 Å². The van der Waals surface area contributed by atoms with Crippen LogP contribution in [0.2, 0.25) is 0 Å². The van der Waals surface area contributed by atoms with Crippen molar-refractivity contribution in [2.75, 3.05) is 40.3 Å². The maximum Gasteiger partial charge on any atom is 0.325 e. The first-order chi connectivity index (χ1) is 17.3. The lowest BCUT2D eigenvalue weighted by Gasteiger charge is -2.41. The number of amides is 4. The molecule has 7 nitrogen and oxygen atoms in total. The van der Waals surface area contributed by atoms with Crippen LogP contribution >= 0.6 is 0 Å². The number of hydrogen-bond acceptors (Lipinski definition) is 4. The average Bonchev–Trinajstić information content (AvgIpc) is 3.11. The maximum absolute atomic E-state index is 13.8. The molecule has 1 N–H and O–H groups in total. The van der Waals surface area contributed by atoms with E-state index in [-0.39, 0.29) is 23.8 Å². The van der Waals surface area contributed by atoms with Gasteiger partial charge in [-0.3, -0.25) is 14.5 Å². The van der Waals surface area contributed by atoms with E-state index in [1.165, 1.54) is 4.90 Å². The molecule has 1 atom stereocenters. The van der Waals surface area contributed by atoms with Crippen LogP contribution in [-0.2, 0) is 22.4 Å². The molecule has 0 aromatic heterocycles. The van der Waals surface area contributed by atoms with Crippen molar-refractivity contribution < 1.29 is 14.4 Å². The molecule has 0 aliphatic carbocycles. The first kappa shape index (κ1) is 25.9. The number of carbonyl (C=O) groups excluding carboxylic acids is 3. The predicted molar refractivity (Wildman–Crippen MR) is 140 cm³/mol. The van der Waals surface area contributed by atoms with Crippen LogP contribution in [0.15, 0.2) is 54.6 Å². The summed E-state index contributed by atoms with van der Waals surface area (Å²) in [6.07, 6.45) is 3.05. The summed E-state index contributed by atoms with van der Waals surface area (Å²) < 4.78 is 0. The van der Waals surface area contributed by atoms with E-state index in [0.717, 1.165) is 16.7 Å². The molecule has 192 valence electrons. The van der Waals surface area contributed by atoms with Crippen molar-refractivity contribution in [1.82, 2.24) is 20.0 Å². The molecule has 2 saturated heterocycles. The number of nitrogens with zero attached hydrogens (tertiary/aromatic N) is 3. The molecule has 2 aliphatic rings. The number of benzene rings is 2. The molecule has 4 rings (SSSR count). The number of nitrogens with one attached hydrogen (secondary N) is 1. The fourth-order valence-electron chi connectivity index (χ4n) is 5.51. The number of carbonyl (C=O) groups is 3. The fraction of sp³-hybridized carbons (Fsp3) is 0.483. The monoisotopic (exact) mass is 490 g/mol. The highest BCUT2D eigenvalue weighted by molar-refractivity contribution is 6.07. The van der Waals surface area contributed by atoms with Crippen molar-refractivity contribution in [3.63, 3.8) is 0 Å². The molecule has 36 heavy (non-hydrogen) atoms. The molecule has 2 fully saturated rings. The molecule has 2 aromatic rings. The molecule has 2 aromatic carbocycles. The summed E-state index contributed by atoms with van der Waals surface area (Å²) in [6.45, 7) is 4.23. The van der Waals surface area contributed by atoms with Crippen molar-refractivity contribution in [2.45, 2.75) is 44.6 Å². The number of hydrogen-bond donors (Lipinski definition) is 1. The number of rotatable bonds is 9.